The minimum atomic E-state index is 0.230. The number of quaternary nitrogens is 1. The lowest BCUT2D eigenvalue weighted by molar-refractivity contribution is -0.917. The standard InChI is InChI=1S/C25H26N2O2/c28-25(19-21-8-3-1-4-9-21)27-16-14-26(15-17-27)20-22-10-7-13-24(18-22)29-23-11-5-2-6-12-23/h1-13,18H,14-17,19-20H2/p+1. The molecule has 1 saturated heterocycles. The molecule has 4 nitrogen and oxygen atoms in total. The second-order valence-corrected chi connectivity index (χ2v) is 7.53. The SMILES string of the molecule is O=C(Cc1ccccc1)N1CC[NH+](Cc2cccc(Oc3ccccc3)c2)CC1. The number of para-hydroxylation sites is 1. The predicted molar refractivity (Wildman–Crippen MR) is 114 cm³/mol. The highest BCUT2D eigenvalue weighted by Crippen LogP contribution is 2.21. The number of nitrogens with one attached hydrogen (secondary N) is 1. The molecular weight excluding hydrogens is 360 g/mol. The highest BCUT2D eigenvalue weighted by Gasteiger charge is 2.23. The van der Waals surface area contributed by atoms with E-state index in [0.29, 0.717) is 6.42 Å². The van der Waals surface area contributed by atoms with Crippen LogP contribution < -0.4 is 9.64 Å². The summed E-state index contributed by atoms with van der Waals surface area (Å²) in [7, 11) is 0. The molecule has 0 aliphatic carbocycles. The summed E-state index contributed by atoms with van der Waals surface area (Å²) in [6.45, 7) is 4.55. The summed E-state index contributed by atoms with van der Waals surface area (Å²) in [5.74, 6) is 1.95. The van der Waals surface area contributed by atoms with Crippen LogP contribution in [0.4, 0.5) is 0 Å². The molecule has 3 aromatic rings. The van der Waals surface area contributed by atoms with Crippen molar-refractivity contribution in [3.05, 3.63) is 96.1 Å². The van der Waals surface area contributed by atoms with Crippen LogP contribution in [0.25, 0.3) is 0 Å². The van der Waals surface area contributed by atoms with Crippen LogP contribution in [-0.2, 0) is 17.8 Å². The van der Waals surface area contributed by atoms with Crippen LogP contribution in [0.1, 0.15) is 11.1 Å². The zero-order chi connectivity index (χ0) is 19.9. The predicted octanol–water partition coefficient (Wildman–Crippen LogP) is 2.95. The summed E-state index contributed by atoms with van der Waals surface area (Å²) in [6.07, 6.45) is 0.495. The number of benzene rings is 3. The van der Waals surface area contributed by atoms with Crippen LogP contribution in [0.2, 0.25) is 0 Å². The third-order valence-electron chi connectivity index (χ3n) is 5.35. The summed E-state index contributed by atoms with van der Waals surface area (Å²) in [5, 5.41) is 0. The number of carbonyl (C=O) groups is 1. The second-order valence-electron chi connectivity index (χ2n) is 7.53. The van der Waals surface area contributed by atoms with Crippen molar-refractivity contribution in [1.29, 1.82) is 0 Å². The molecule has 4 heteroatoms. The summed E-state index contributed by atoms with van der Waals surface area (Å²) in [5.41, 5.74) is 2.35. The molecule has 148 valence electrons. The van der Waals surface area contributed by atoms with Crippen LogP contribution in [0.5, 0.6) is 11.5 Å². The smallest absolute Gasteiger partial charge is 0.227 e. The Hall–Kier alpha value is -3.11. The number of nitrogens with zero attached hydrogens (tertiary/aromatic N) is 1. The van der Waals surface area contributed by atoms with Gasteiger partial charge >= 0.3 is 0 Å². The Balaban J connectivity index is 1.28. The Labute approximate surface area is 172 Å². The Morgan fingerprint density at radius 3 is 2.14 bits per heavy atom. The summed E-state index contributed by atoms with van der Waals surface area (Å²) < 4.78 is 5.95. The molecule has 3 aromatic carbocycles. The van der Waals surface area contributed by atoms with Gasteiger partial charge in [0.1, 0.15) is 18.0 Å². The summed E-state index contributed by atoms with van der Waals surface area (Å²) >= 11 is 0. The van der Waals surface area contributed by atoms with Crippen LogP contribution in [0.15, 0.2) is 84.9 Å². The van der Waals surface area contributed by atoms with Crippen molar-refractivity contribution in [3.63, 3.8) is 0 Å². The van der Waals surface area contributed by atoms with E-state index in [1.807, 2.05) is 77.7 Å². The minimum Gasteiger partial charge on any atom is -0.457 e. The van der Waals surface area contributed by atoms with E-state index in [1.165, 1.54) is 10.5 Å². The molecule has 0 atom stereocenters. The van der Waals surface area contributed by atoms with Gasteiger partial charge in [-0.2, -0.15) is 0 Å². The van der Waals surface area contributed by atoms with Crippen LogP contribution >= 0.6 is 0 Å². The first-order valence-corrected chi connectivity index (χ1v) is 10.2. The Kier molecular flexibility index (Phi) is 6.22. The fourth-order valence-electron chi connectivity index (χ4n) is 3.76. The molecule has 0 bridgehead atoms. The molecule has 0 saturated carbocycles. The van der Waals surface area contributed by atoms with Gasteiger partial charge in [-0.3, -0.25) is 4.79 Å². The molecule has 1 heterocycles. The molecule has 0 aromatic heterocycles. The number of hydrogen-bond acceptors (Lipinski definition) is 2. The van der Waals surface area contributed by atoms with Crippen molar-refractivity contribution < 1.29 is 14.4 Å². The lowest BCUT2D eigenvalue weighted by Crippen LogP contribution is -3.13. The molecule has 29 heavy (non-hydrogen) atoms. The maximum atomic E-state index is 12.6. The number of carbonyl (C=O) groups excluding carboxylic acids is 1. The monoisotopic (exact) mass is 387 g/mol. The van der Waals surface area contributed by atoms with E-state index in [9.17, 15) is 4.79 Å². The van der Waals surface area contributed by atoms with Gasteiger partial charge in [0.15, 0.2) is 0 Å². The maximum Gasteiger partial charge on any atom is 0.227 e. The average molecular weight is 388 g/mol. The van der Waals surface area contributed by atoms with Crippen molar-refractivity contribution in [2.45, 2.75) is 13.0 Å². The van der Waals surface area contributed by atoms with E-state index in [2.05, 4.69) is 12.1 Å². The van der Waals surface area contributed by atoms with Crippen molar-refractivity contribution in [3.8, 4) is 11.5 Å². The fourth-order valence-corrected chi connectivity index (χ4v) is 3.76. The number of rotatable bonds is 6. The Bertz CT molecular complexity index is 920. The molecular formula is C25H27N2O2+. The highest BCUT2D eigenvalue weighted by atomic mass is 16.5. The van der Waals surface area contributed by atoms with Gasteiger partial charge in [-0.25, -0.2) is 0 Å². The quantitative estimate of drug-likeness (QED) is 0.706. The van der Waals surface area contributed by atoms with E-state index < -0.39 is 0 Å². The number of piperazine rings is 1. The first kappa shape index (κ1) is 19.2. The largest absolute Gasteiger partial charge is 0.457 e. The van der Waals surface area contributed by atoms with E-state index in [4.69, 9.17) is 4.74 Å². The van der Waals surface area contributed by atoms with Crippen molar-refractivity contribution in [2.75, 3.05) is 26.2 Å². The molecule has 0 radical (unpaired) electrons. The fraction of sp³-hybridized carbons (Fsp3) is 0.240. The summed E-state index contributed by atoms with van der Waals surface area (Å²) in [4.78, 5) is 16.1. The van der Waals surface area contributed by atoms with Crippen molar-refractivity contribution in [1.82, 2.24) is 4.90 Å². The number of ether oxygens (including phenoxy) is 1. The third kappa shape index (κ3) is 5.46. The first-order chi connectivity index (χ1) is 14.3. The highest BCUT2D eigenvalue weighted by molar-refractivity contribution is 5.78. The Morgan fingerprint density at radius 1 is 0.793 bits per heavy atom. The van der Waals surface area contributed by atoms with E-state index in [-0.39, 0.29) is 5.91 Å². The van der Waals surface area contributed by atoms with Gasteiger partial charge in [0.25, 0.3) is 0 Å². The molecule has 0 unspecified atom stereocenters. The summed E-state index contributed by atoms with van der Waals surface area (Å²) in [6, 6.07) is 28.2. The van der Waals surface area contributed by atoms with Gasteiger partial charge < -0.3 is 14.5 Å². The van der Waals surface area contributed by atoms with Gasteiger partial charge in [0.2, 0.25) is 5.91 Å². The van der Waals surface area contributed by atoms with Gasteiger partial charge in [0, 0.05) is 5.56 Å². The van der Waals surface area contributed by atoms with Crippen molar-refractivity contribution in [2.24, 2.45) is 0 Å². The Morgan fingerprint density at radius 2 is 1.41 bits per heavy atom. The molecule has 0 spiro atoms. The third-order valence-corrected chi connectivity index (χ3v) is 5.35. The van der Waals surface area contributed by atoms with Gasteiger partial charge in [-0.1, -0.05) is 60.7 Å². The van der Waals surface area contributed by atoms with Gasteiger partial charge in [-0.05, 0) is 29.8 Å². The van der Waals surface area contributed by atoms with Gasteiger partial charge in [-0.15, -0.1) is 0 Å². The van der Waals surface area contributed by atoms with Crippen molar-refractivity contribution >= 4 is 5.91 Å². The average Bonchev–Trinajstić information content (AvgIpc) is 2.76. The molecule has 1 N–H and O–H groups in total. The number of hydrogen-bond donors (Lipinski definition) is 1. The van der Waals surface area contributed by atoms with E-state index in [0.717, 1.165) is 49.8 Å². The molecule has 1 fully saturated rings. The molecule has 1 aliphatic rings. The number of amides is 1. The molecule has 4 rings (SSSR count). The normalized spacial score (nSPS) is 14.6. The zero-order valence-electron chi connectivity index (χ0n) is 16.6. The zero-order valence-corrected chi connectivity index (χ0v) is 16.6. The molecule has 1 amide bonds. The van der Waals surface area contributed by atoms with E-state index in [1.54, 1.807) is 0 Å². The minimum absolute atomic E-state index is 0.230. The maximum absolute atomic E-state index is 12.6. The van der Waals surface area contributed by atoms with Crippen LogP contribution in [0.3, 0.4) is 0 Å². The van der Waals surface area contributed by atoms with E-state index >= 15 is 0 Å². The molecule has 1 aliphatic heterocycles. The lowest BCUT2D eigenvalue weighted by atomic mass is 10.1. The lowest BCUT2D eigenvalue weighted by Gasteiger charge is -2.32. The topological polar surface area (TPSA) is 34.0 Å². The van der Waals surface area contributed by atoms with Crippen LogP contribution in [-0.4, -0.2) is 37.0 Å². The second kappa shape index (κ2) is 9.39. The van der Waals surface area contributed by atoms with Crippen LogP contribution in [0, 0.1) is 0 Å². The first-order valence-electron chi connectivity index (χ1n) is 10.2. The van der Waals surface area contributed by atoms with Gasteiger partial charge in [0.05, 0.1) is 32.6 Å².